The van der Waals surface area contributed by atoms with Crippen molar-refractivity contribution in [3.05, 3.63) is 18.2 Å². The Morgan fingerprint density at radius 2 is 1.84 bits per heavy atom. The predicted octanol–water partition coefficient (Wildman–Crippen LogP) is 1.60. The van der Waals surface area contributed by atoms with Gasteiger partial charge in [-0.15, -0.1) is 0 Å². The molecule has 1 N–H and O–H groups in total. The largest absolute Gasteiger partial charge is 0.497 e. The van der Waals surface area contributed by atoms with Gasteiger partial charge >= 0.3 is 5.97 Å². The fraction of sp³-hybridized carbons (Fsp3) is 0.385. The summed E-state index contributed by atoms with van der Waals surface area (Å²) in [6.45, 7) is 0. The molecule has 1 amide bonds. The van der Waals surface area contributed by atoms with E-state index in [1.54, 1.807) is 18.2 Å². The van der Waals surface area contributed by atoms with Crippen molar-refractivity contribution in [3.63, 3.8) is 0 Å². The molecule has 19 heavy (non-hydrogen) atoms. The SMILES string of the molecule is COC(=O)CCC(=O)Nc1cc(OC)ccc1OC. The molecule has 1 aromatic carbocycles. The number of hydrogen-bond acceptors (Lipinski definition) is 5. The van der Waals surface area contributed by atoms with Gasteiger partial charge in [-0.1, -0.05) is 0 Å². The Morgan fingerprint density at radius 1 is 1.11 bits per heavy atom. The molecule has 0 fully saturated rings. The van der Waals surface area contributed by atoms with Gasteiger partial charge in [0.2, 0.25) is 5.91 Å². The minimum absolute atomic E-state index is 0.0363. The van der Waals surface area contributed by atoms with Gasteiger partial charge in [-0.25, -0.2) is 0 Å². The molecular formula is C13H17NO5. The molecule has 0 aromatic heterocycles. The van der Waals surface area contributed by atoms with Crippen molar-refractivity contribution in [1.29, 1.82) is 0 Å². The lowest BCUT2D eigenvalue weighted by molar-refractivity contribution is -0.141. The number of esters is 1. The summed E-state index contributed by atoms with van der Waals surface area (Å²) in [6, 6.07) is 5.06. The Hall–Kier alpha value is -2.24. The quantitative estimate of drug-likeness (QED) is 0.792. The van der Waals surface area contributed by atoms with Gasteiger partial charge in [-0.3, -0.25) is 9.59 Å². The van der Waals surface area contributed by atoms with Crippen LogP contribution >= 0.6 is 0 Å². The Morgan fingerprint density at radius 3 is 2.42 bits per heavy atom. The minimum Gasteiger partial charge on any atom is -0.497 e. The number of benzene rings is 1. The van der Waals surface area contributed by atoms with Crippen LogP contribution in [-0.2, 0) is 14.3 Å². The first-order chi connectivity index (χ1) is 9.10. The summed E-state index contributed by atoms with van der Waals surface area (Å²) in [6.07, 6.45) is 0.0850. The van der Waals surface area contributed by atoms with E-state index < -0.39 is 5.97 Å². The van der Waals surface area contributed by atoms with Crippen LogP contribution in [0.5, 0.6) is 11.5 Å². The van der Waals surface area contributed by atoms with Crippen LogP contribution in [-0.4, -0.2) is 33.2 Å². The summed E-state index contributed by atoms with van der Waals surface area (Å²) in [5.41, 5.74) is 0.497. The number of amides is 1. The highest BCUT2D eigenvalue weighted by Gasteiger charge is 2.11. The van der Waals surface area contributed by atoms with E-state index in [1.807, 2.05) is 0 Å². The van der Waals surface area contributed by atoms with Crippen molar-refractivity contribution >= 4 is 17.6 Å². The number of carbonyl (C=O) groups is 2. The van der Waals surface area contributed by atoms with Gasteiger partial charge in [0.05, 0.1) is 33.4 Å². The summed E-state index contributed by atoms with van der Waals surface area (Å²) < 4.78 is 14.7. The minimum atomic E-state index is -0.423. The molecule has 1 aromatic rings. The second-order valence-electron chi connectivity index (χ2n) is 3.69. The molecule has 0 aliphatic heterocycles. The van der Waals surface area contributed by atoms with E-state index in [0.29, 0.717) is 17.2 Å². The van der Waals surface area contributed by atoms with Gasteiger partial charge in [0, 0.05) is 12.5 Å². The Labute approximate surface area is 111 Å². The molecule has 0 saturated carbocycles. The van der Waals surface area contributed by atoms with Crippen LogP contribution in [0.1, 0.15) is 12.8 Å². The van der Waals surface area contributed by atoms with Crippen LogP contribution in [0.15, 0.2) is 18.2 Å². The zero-order chi connectivity index (χ0) is 14.3. The van der Waals surface area contributed by atoms with Crippen molar-refractivity contribution in [2.24, 2.45) is 0 Å². The van der Waals surface area contributed by atoms with Gasteiger partial charge in [0.15, 0.2) is 0 Å². The van der Waals surface area contributed by atoms with Crippen LogP contribution in [0.2, 0.25) is 0 Å². The van der Waals surface area contributed by atoms with E-state index in [-0.39, 0.29) is 18.7 Å². The lowest BCUT2D eigenvalue weighted by Crippen LogP contribution is -2.14. The molecule has 6 nitrogen and oxygen atoms in total. The summed E-state index contributed by atoms with van der Waals surface area (Å²) in [4.78, 5) is 22.6. The van der Waals surface area contributed by atoms with Crippen LogP contribution in [0.25, 0.3) is 0 Å². The number of ether oxygens (including phenoxy) is 3. The lowest BCUT2D eigenvalue weighted by Gasteiger charge is -2.11. The normalized spacial score (nSPS) is 9.63. The summed E-state index contributed by atoms with van der Waals surface area (Å²) >= 11 is 0. The third-order valence-corrected chi connectivity index (χ3v) is 2.46. The molecule has 1 rings (SSSR count). The predicted molar refractivity (Wildman–Crippen MR) is 69.4 cm³/mol. The number of nitrogens with one attached hydrogen (secondary N) is 1. The Bertz CT molecular complexity index is 458. The molecular weight excluding hydrogens is 250 g/mol. The maximum absolute atomic E-state index is 11.7. The Balaban J connectivity index is 2.69. The van der Waals surface area contributed by atoms with Crippen molar-refractivity contribution in [1.82, 2.24) is 0 Å². The zero-order valence-electron chi connectivity index (χ0n) is 11.2. The van der Waals surface area contributed by atoms with Crippen molar-refractivity contribution in [3.8, 4) is 11.5 Å². The molecule has 0 radical (unpaired) electrons. The van der Waals surface area contributed by atoms with Crippen LogP contribution in [0.3, 0.4) is 0 Å². The van der Waals surface area contributed by atoms with Crippen LogP contribution in [0, 0.1) is 0 Å². The van der Waals surface area contributed by atoms with Gasteiger partial charge < -0.3 is 19.5 Å². The van der Waals surface area contributed by atoms with E-state index in [2.05, 4.69) is 10.1 Å². The first-order valence-electron chi connectivity index (χ1n) is 5.69. The monoisotopic (exact) mass is 267 g/mol. The van der Waals surface area contributed by atoms with E-state index in [0.717, 1.165) is 0 Å². The highest BCUT2D eigenvalue weighted by Crippen LogP contribution is 2.28. The number of anilines is 1. The number of methoxy groups -OCH3 is 3. The van der Waals surface area contributed by atoms with E-state index in [4.69, 9.17) is 9.47 Å². The summed E-state index contributed by atoms with van der Waals surface area (Å²) in [5, 5.41) is 2.66. The standard InChI is InChI=1S/C13H17NO5/c1-17-9-4-5-11(18-2)10(8-9)14-12(15)6-7-13(16)19-3/h4-5,8H,6-7H2,1-3H3,(H,14,15). The van der Waals surface area contributed by atoms with E-state index >= 15 is 0 Å². The molecule has 0 saturated heterocycles. The summed E-state index contributed by atoms with van der Waals surface area (Å²) in [7, 11) is 4.32. The fourth-order valence-electron chi connectivity index (χ4n) is 1.44. The zero-order valence-corrected chi connectivity index (χ0v) is 11.2. The van der Waals surface area contributed by atoms with Gasteiger partial charge in [0.25, 0.3) is 0 Å². The average molecular weight is 267 g/mol. The molecule has 6 heteroatoms. The fourth-order valence-corrected chi connectivity index (χ4v) is 1.44. The Kier molecular flexibility index (Phi) is 5.66. The van der Waals surface area contributed by atoms with Gasteiger partial charge in [-0.2, -0.15) is 0 Å². The molecule has 0 heterocycles. The molecule has 0 atom stereocenters. The molecule has 0 aliphatic rings. The van der Waals surface area contributed by atoms with Crippen LogP contribution in [0.4, 0.5) is 5.69 Å². The molecule has 0 bridgehead atoms. The highest BCUT2D eigenvalue weighted by atomic mass is 16.5. The maximum atomic E-state index is 11.7. The highest BCUT2D eigenvalue weighted by molar-refractivity contribution is 5.94. The third-order valence-electron chi connectivity index (χ3n) is 2.46. The smallest absolute Gasteiger partial charge is 0.306 e. The molecule has 104 valence electrons. The van der Waals surface area contributed by atoms with Crippen molar-refractivity contribution < 1.29 is 23.8 Å². The average Bonchev–Trinajstić information content (AvgIpc) is 2.44. The van der Waals surface area contributed by atoms with Crippen molar-refractivity contribution in [2.45, 2.75) is 12.8 Å². The van der Waals surface area contributed by atoms with Gasteiger partial charge in [-0.05, 0) is 12.1 Å². The third kappa shape index (κ3) is 4.50. The van der Waals surface area contributed by atoms with Gasteiger partial charge in [0.1, 0.15) is 11.5 Å². The first-order valence-corrected chi connectivity index (χ1v) is 5.69. The van der Waals surface area contributed by atoms with E-state index in [1.165, 1.54) is 21.3 Å². The maximum Gasteiger partial charge on any atom is 0.306 e. The van der Waals surface area contributed by atoms with E-state index in [9.17, 15) is 9.59 Å². The summed E-state index contributed by atoms with van der Waals surface area (Å²) in [5.74, 6) is 0.404. The number of hydrogen-bond donors (Lipinski definition) is 1. The number of rotatable bonds is 6. The second kappa shape index (κ2) is 7.25. The second-order valence-corrected chi connectivity index (χ2v) is 3.69. The topological polar surface area (TPSA) is 73.9 Å². The lowest BCUT2D eigenvalue weighted by atomic mass is 10.2. The van der Waals surface area contributed by atoms with Crippen molar-refractivity contribution in [2.75, 3.05) is 26.6 Å². The number of carbonyl (C=O) groups excluding carboxylic acids is 2. The molecule has 0 spiro atoms. The molecule has 0 aliphatic carbocycles. The first kappa shape index (κ1) is 14.8. The van der Waals surface area contributed by atoms with Crippen LogP contribution < -0.4 is 14.8 Å². The molecule has 0 unspecified atom stereocenters.